The average molecular weight is 373 g/mol. The number of nitrogens with one attached hydrogen (secondary N) is 1. The Morgan fingerprint density at radius 3 is 2.50 bits per heavy atom. The fraction of sp³-hybridized carbons (Fsp3) is 0.917. The molecule has 0 saturated carbocycles. The Kier molecular flexibility index (Phi) is 15.0. The van der Waals surface area contributed by atoms with Crippen molar-refractivity contribution in [1.82, 2.24) is 5.32 Å². The van der Waals surface area contributed by atoms with Crippen LogP contribution in [-0.2, 0) is 9.47 Å². The highest BCUT2D eigenvalue weighted by Gasteiger charge is 2.00. The van der Waals surface area contributed by atoms with Crippen molar-refractivity contribution in [2.75, 3.05) is 26.9 Å². The van der Waals surface area contributed by atoms with Gasteiger partial charge in [-0.25, -0.2) is 0 Å². The van der Waals surface area contributed by atoms with Gasteiger partial charge in [-0.15, -0.1) is 24.0 Å². The number of hydrogen-bond acceptors (Lipinski definition) is 3. The highest BCUT2D eigenvalue weighted by atomic mass is 127. The van der Waals surface area contributed by atoms with Crippen LogP contribution < -0.4 is 11.1 Å². The van der Waals surface area contributed by atoms with E-state index in [1.54, 1.807) is 7.11 Å². The summed E-state index contributed by atoms with van der Waals surface area (Å²) >= 11 is 0. The van der Waals surface area contributed by atoms with Crippen LogP contribution in [0.5, 0.6) is 0 Å². The van der Waals surface area contributed by atoms with Crippen molar-refractivity contribution in [3.05, 3.63) is 0 Å². The van der Waals surface area contributed by atoms with Crippen molar-refractivity contribution in [1.29, 1.82) is 0 Å². The van der Waals surface area contributed by atoms with Gasteiger partial charge in [0.2, 0.25) is 0 Å². The minimum absolute atomic E-state index is 0. The lowest BCUT2D eigenvalue weighted by Crippen LogP contribution is -2.40. The zero-order chi connectivity index (χ0) is 13.1. The summed E-state index contributed by atoms with van der Waals surface area (Å²) in [6.45, 7) is 8.23. The van der Waals surface area contributed by atoms with Crippen LogP contribution in [0, 0.1) is 0 Å². The maximum Gasteiger partial charge on any atom is 0.188 e. The molecule has 0 radical (unpaired) electrons. The molecule has 0 spiro atoms. The van der Waals surface area contributed by atoms with Gasteiger partial charge in [-0.1, -0.05) is 0 Å². The van der Waals surface area contributed by atoms with Crippen molar-refractivity contribution in [3.63, 3.8) is 0 Å². The molecule has 0 heterocycles. The zero-order valence-electron chi connectivity index (χ0n) is 11.9. The number of nitrogens with zero attached hydrogens (tertiary/aromatic N) is 1. The summed E-state index contributed by atoms with van der Waals surface area (Å²) in [4.78, 5) is 4.24. The maximum absolute atomic E-state index is 5.72. The van der Waals surface area contributed by atoms with Gasteiger partial charge >= 0.3 is 0 Å². The number of methoxy groups -OCH3 is 1. The first-order valence-electron chi connectivity index (χ1n) is 6.23. The first-order valence-corrected chi connectivity index (χ1v) is 6.23. The number of nitrogens with two attached hydrogens (primary N) is 1. The molecule has 0 rings (SSSR count). The lowest BCUT2D eigenvalue weighted by atomic mass is 10.3. The number of unbranched alkanes of at least 4 members (excludes halogenated alkanes) is 1. The van der Waals surface area contributed by atoms with E-state index in [1.807, 2.05) is 20.8 Å². The van der Waals surface area contributed by atoms with Crippen LogP contribution in [0.25, 0.3) is 0 Å². The van der Waals surface area contributed by atoms with Gasteiger partial charge in [0, 0.05) is 26.3 Å². The molecule has 0 aromatic rings. The van der Waals surface area contributed by atoms with Crippen LogP contribution in [-0.4, -0.2) is 45.0 Å². The van der Waals surface area contributed by atoms with Crippen LogP contribution in [0.4, 0.5) is 0 Å². The molecule has 0 amide bonds. The van der Waals surface area contributed by atoms with Crippen molar-refractivity contribution < 1.29 is 9.47 Å². The summed E-state index contributed by atoms with van der Waals surface area (Å²) in [5, 5.41) is 3.06. The van der Waals surface area contributed by atoms with E-state index in [2.05, 4.69) is 10.3 Å². The van der Waals surface area contributed by atoms with Crippen molar-refractivity contribution in [3.8, 4) is 0 Å². The number of halogens is 1. The molecule has 5 nitrogen and oxygen atoms in total. The number of aliphatic imine (C=N–C) groups is 1. The quantitative estimate of drug-likeness (QED) is 0.280. The summed E-state index contributed by atoms with van der Waals surface area (Å²) in [7, 11) is 1.67. The zero-order valence-corrected chi connectivity index (χ0v) is 14.3. The normalized spacial score (nSPS) is 13.3. The topological polar surface area (TPSA) is 68.9 Å². The van der Waals surface area contributed by atoms with Gasteiger partial charge in [0.25, 0.3) is 0 Å². The minimum atomic E-state index is 0. The summed E-state index contributed by atoms with van der Waals surface area (Å²) in [5.41, 5.74) is 5.72. The van der Waals surface area contributed by atoms with Crippen LogP contribution in [0.2, 0.25) is 0 Å². The van der Waals surface area contributed by atoms with E-state index >= 15 is 0 Å². The van der Waals surface area contributed by atoms with Crippen LogP contribution in [0.3, 0.4) is 0 Å². The van der Waals surface area contributed by atoms with E-state index in [-0.39, 0.29) is 30.0 Å². The molecule has 3 N–H and O–H groups in total. The lowest BCUT2D eigenvalue weighted by Gasteiger charge is -2.13. The molecule has 0 aromatic carbocycles. The lowest BCUT2D eigenvalue weighted by molar-refractivity contribution is 0.0763. The van der Waals surface area contributed by atoms with E-state index in [9.17, 15) is 0 Å². The van der Waals surface area contributed by atoms with Crippen molar-refractivity contribution in [2.24, 2.45) is 10.7 Å². The number of guanidine groups is 1. The fourth-order valence-corrected chi connectivity index (χ4v) is 1.32. The third-order valence-electron chi connectivity index (χ3n) is 2.10. The summed E-state index contributed by atoms with van der Waals surface area (Å²) < 4.78 is 10.4. The van der Waals surface area contributed by atoms with Gasteiger partial charge in [0.1, 0.15) is 0 Å². The van der Waals surface area contributed by atoms with E-state index in [0.717, 1.165) is 26.0 Å². The standard InChI is InChI=1S/C12H27N3O2.HI/c1-10(2)17-8-6-5-7-14-12(13)15-11(3)9-16-4;/h10-11H,5-9H2,1-4H3,(H3,13,14,15);1H. The number of rotatable bonds is 9. The fourth-order valence-electron chi connectivity index (χ4n) is 1.32. The molecule has 0 aromatic heterocycles. The smallest absolute Gasteiger partial charge is 0.188 e. The highest BCUT2D eigenvalue weighted by molar-refractivity contribution is 14.0. The molecular formula is C12H28IN3O2. The predicted molar refractivity (Wildman–Crippen MR) is 86.7 cm³/mol. The van der Waals surface area contributed by atoms with E-state index in [0.29, 0.717) is 18.7 Å². The number of hydrogen-bond donors (Lipinski definition) is 2. The Balaban J connectivity index is 0. The molecule has 6 heteroatoms. The summed E-state index contributed by atoms with van der Waals surface area (Å²) in [6.07, 6.45) is 2.32. The van der Waals surface area contributed by atoms with Crippen LogP contribution in [0.15, 0.2) is 4.99 Å². The molecule has 18 heavy (non-hydrogen) atoms. The second-order valence-electron chi connectivity index (χ2n) is 4.39. The number of ether oxygens (including phenoxy) is 2. The molecule has 0 saturated heterocycles. The second-order valence-corrected chi connectivity index (χ2v) is 4.39. The SMILES string of the molecule is COCC(C)NC(N)=NCCCCOC(C)C.I. The minimum Gasteiger partial charge on any atom is -0.383 e. The third-order valence-corrected chi connectivity index (χ3v) is 2.10. The predicted octanol–water partition coefficient (Wildman–Crippen LogP) is 1.75. The van der Waals surface area contributed by atoms with Crippen molar-refractivity contribution >= 4 is 29.9 Å². The van der Waals surface area contributed by atoms with Gasteiger partial charge in [0.15, 0.2) is 5.96 Å². The van der Waals surface area contributed by atoms with E-state index in [4.69, 9.17) is 15.2 Å². The van der Waals surface area contributed by atoms with Gasteiger partial charge in [-0.3, -0.25) is 4.99 Å². The Morgan fingerprint density at radius 1 is 1.28 bits per heavy atom. The van der Waals surface area contributed by atoms with Gasteiger partial charge in [0.05, 0.1) is 12.7 Å². The second kappa shape index (κ2) is 13.4. The molecule has 0 aliphatic carbocycles. The maximum atomic E-state index is 5.72. The van der Waals surface area contributed by atoms with Crippen LogP contribution >= 0.6 is 24.0 Å². The highest BCUT2D eigenvalue weighted by Crippen LogP contribution is 1.94. The van der Waals surface area contributed by atoms with Gasteiger partial charge in [-0.2, -0.15) is 0 Å². The average Bonchev–Trinajstić information content (AvgIpc) is 2.23. The van der Waals surface area contributed by atoms with E-state index in [1.165, 1.54) is 0 Å². The third kappa shape index (κ3) is 14.0. The van der Waals surface area contributed by atoms with Crippen molar-refractivity contribution in [2.45, 2.75) is 45.8 Å². The molecule has 0 fully saturated rings. The Morgan fingerprint density at radius 2 is 1.94 bits per heavy atom. The van der Waals surface area contributed by atoms with E-state index < -0.39 is 0 Å². The summed E-state index contributed by atoms with van der Waals surface area (Å²) in [5.74, 6) is 0.485. The molecule has 0 aliphatic rings. The van der Waals surface area contributed by atoms with Gasteiger partial charge in [-0.05, 0) is 33.6 Å². The summed E-state index contributed by atoms with van der Waals surface area (Å²) in [6, 6.07) is 0.188. The first kappa shape index (κ1) is 20.2. The molecular weight excluding hydrogens is 345 g/mol. The Bertz CT molecular complexity index is 213. The Hall–Kier alpha value is -0.0800. The molecule has 110 valence electrons. The Labute approximate surface area is 128 Å². The molecule has 1 unspecified atom stereocenters. The van der Waals surface area contributed by atoms with Gasteiger partial charge < -0.3 is 20.5 Å². The molecule has 0 aliphatic heterocycles. The van der Waals surface area contributed by atoms with Crippen LogP contribution in [0.1, 0.15) is 33.6 Å². The molecule has 0 bridgehead atoms. The monoisotopic (exact) mass is 373 g/mol. The first-order chi connectivity index (χ1) is 8.06. The largest absolute Gasteiger partial charge is 0.383 e. The molecule has 1 atom stereocenters.